The molecule has 106 valence electrons. The lowest BCUT2D eigenvalue weighted by Crippen LogP contribution is -2.22. The van der Waals surface area contributed by atoms with Crippen molar-refractivity contribution in [3.05, 3.63) is 23.8 Å². The molecular weight excluding hydrogens is 258 g/mol. The first-order valence-electron chi connectivity index (χ1n) is 6.88. The molecule has 0 bridgehead atoms. The van der Waals surface area contributed by atoms with Crippen LogP contribution in [0.4, 0.5) is 5.69 Å². The fourth-order valence-electron chi connectivity index (χ4n) is 2.51. The van der Waals surface area contributed by atoms with Gasteiger partial charge in [-0.1, -0.05) is 0 Å². The Kier molecular flexibility index (Phi) is 3.69. The Morgan fingerprint density at radius 3 is 3.10 bits per heavy atom. The Hall–Kier alpha value is -1.88. The van der Waals surface area contributed by atoms with Crippen LogP contribution in [-0.2, 0) is 20.7 Å². The second-order valence-electron chi connectivity index (χ2n) is 5.18. The summed E-state index contributed by atoms with van der Waals surface area (Å²) in [7, 11) is 0. The summed E-state index contributed by atoms with van der Waals surface area (Å²) in [6.45, 7) is 1.26. The van der Waals surface area contributed by atoms with E-state index in [1.54, 1.807) is 6.07 Å². The van der Waals surface area contributed by atoms with Gasteiger partial charge >= 0.3 is 0 Å². The van der Waals surface area contributed by atoms with Crippen molar-refractivity contribution < 1.29 is 19.1 Å². The number of Topliss-reactive ketones (excluding diaryl/α,β-unsaturated/α-hetero) is 1. The van der Waals surface area contributed by atoms with Gasteiger partial charge in [0.2, 0.25) is 5.91 Å². The van der Waals surface area contributed by atoms with Crippen molar-refractivity contribution in [2.75, 3.05) is 25.1 Å². The Morgan fingerprint density at radius 1 is 1.40 bits per heavy atom. The summed E-state index contributed by atoms with van der Waals surface area (Å²) < 4.78 is 10.8. The molecule has 0 aliphatic carbocycles. The zero-order valence-electron chi connectivity index (χ0n) is 11.2. The summed E-state index contributed by atoms with van der Waals surface area (Å²) in [5.41, 5.74) is 1.89. The number of ketones is 1. The summed E-state index contributed by atoms with van der Waals surface area (Å²) in [6.07, 6.45) is 2.00. The van der Waals surface area contributed by atoms with Gasteiger partial charge < -0.3 is 14.8 Å². The van der Waals surface area contributed by atoms with Gasteiger partial charge in [-0.3, -0.25) is 9.59 Å². The van der Waals surface area contributed by atoms with Crippen LogP contribution in [0.1, 0.15) is 18.4 Å². The van der Waals surface area contributed by atoms with Gasteiger partial charge in [-0.25, -0.2) is 0 Å². The molecule has 1 aromatic rings. The van der Waals surface area contributed by atoms with Gasteiger partial charge in [-0.05, 0) is 36.6 Å². The molecule has 0 aromatic heterocycles. The summed E-state index contributed by atoms with van der Waals surface area (Å²) >= 11 is 0. The van der Waals surface area contributed by atoms with Gasteiger partial charge in [0, 0.05) is 24.6 Å². The number of carbonyl (C=O) groups is 2. The lowest BCUT2D eigenvalue weighted by atomic mass is 10.0. The van der Waals surface area contributed by atoms with Crippen molar-refractivity contribution in [3.8, 4) is 5.75 Å². The number of amides is 1. The molecule has 1 aromatic carbocycles. The van der Waals surface area contributed by atoms with Gasteiger partial charge in [-0.15, -0.1) is 0 Å². The lowest BCUT2D eigenvalue weighted by Gasteiger charge is -2.17. The van der Waals surface area contributed by atoms with Crippen LogP contribution in [0.3, 0.4) is 0 Å². The predicted octanol–water partition coefficient (Wildman–Crippen LogP) is 1.56. The molecule has 2 aliphatic rings. The Labute approximate surface area is 117 Å². The van der Waals surface area contributed by atoms with E-state index in [-0.39, 0.29) is 24.2 Å². The fourth-order valence-corrected chi connectivity index (χ4v) is 2.51. The SMILES string of the molecule is O=C1CCc2cc(OCC(=O)C3CCOC3)ccc2N1. The molecule has 0 saturated carbocycles. The molecule has 1 fully saturated rings. The third-order valence-corrected chi connectivity index (χ3v) is 3.74. The number of aryl methyl sites for hydroxylation is 1. The molecule has 1 unspecified atom stereocenters. The summed E-state index contributed by atoms with van der Waals surface area (Å²) in [5, 5.41) is 2.82. The lowest BCUT2D eigenvalue weighted by molar-refractivity contribution is -0.124. The fraction of sp³-hybridized carbons (Fsp3) is 0.467. The number of benzene rings is 1. The summed E-state index contributed by atoms with van der Waals surface area (Å²) in [4.78, 5) is 23.2. The first-order valence-corrected chi connectivity index (χ1v) is 6.88. The van der Waals surface area contributed by atoms with Gasteiger partial charge in [0.05, 0.1) is 6.61 Å². The Bertz CT molecular complexity index is 535. The van der Waals surface area contributed by atoms with E-state index in [2.05, 4.69) is 5.32 Å². The van der Waals surface area contributed by atoms with Gasteiger partial charge in [0.25, 0.3) is 0 Å². The smallest absolute Gasteiger partial charge is 0.224 e. The zero-order valence-corrected chi connectivity index (χ0v) is 11.2. The van der Waals surface area contributed by atoms with Crippen molar-refractivity contribution in [2.24, 2.45) is 5.92 Å². The van der Waals surface area contributed by atoms with E-state index >= 15 is 0 Å². The van der Waals surface area contributed by atoms with Crippen molar-refractivity contribution in [2.45, 2.75) is 19.3 Å². The normalized spacial score (nSPS) is 21.2. The highest BCUT2D eigenvalue weighted by molar-refractivity contribution is 5.94. The highest BCUT2D eigenvalue weighted by atomic mass is 16.5. The molecule has 5 nitrogen and oxygen atoms in total. The van der Waals surface area contributed by atoms with Crippen molar-refractivity contribution in [3.63, 3.8) is 0 Å². The molecule has 3 rings (SSSR count). The number of ether oxygens (including phenoxy) is 2. The van der Waals surface area contributed by atoms with E-state index in [4.69, 9.17) is 9.47 Å². The van der Waals surface area contributed by atoms with Gasteiger partial charge in [-0.2, -0.15) is 0 Å². The molecule has 1 saturated heterocycles. The van der Waals surface area contributed by atoms with Crippen LogP contribution in [0.2, 0.25) is 0 Å². The maximum absolute atomic E-state index is 11.9. The molecule has 1 atom stereocenters. The third-order valence-electron chi connectivity index (χ3n) is 3.74. The molecule has 2 aliphatic heterocycles. The van der Waals surface area contributed by atoms with Crippen LogP contribution in [0.25, 0.3) is 0 Å². The van der Waals surface area contributed by atoms with Crippen LogP contribution >= 0.6 is 0 Å². The van der Waals surface area contributed by atoms with E-state index in [9.17, 15) is 9.59 Å². The van der Waals surface area contributed by atoms with Crippen molar-refractivity contribution in [1.82, 2.24) is 0 Å². The number of rotatable bonds is 4. The van der Waals surface area contributed by atoms with Crippen LogP contribution in [0.5, 0.6) is 5.75 Å². The van der Waals surface area contributed by atoms with E-state index in [1.165, 1.54) is 0 Å². The van der Waals surface area contributed by atoms with Crippen LogP contribution < -0.4 is 10.1 Å². The molecule has 5 heteroatoms. The average Bonchev–Trinajstić information content (AvgIpc) is 2.99. The first kappa shape index (κ1) is 13.1. The van der Waals surface area contributed by atoms with E-state index in [0.717, 1.165) is 17.7 Å². The van der Waals surface area contributed by atoms with E-state index in [1.807, 2.05) is 12.1 Å². The number of hydrogen-bond donors (Lipinski definition) is 1. The molecule has 1 amide bonds. The molecular formula is C15H17NO4. The van der Waals surface area contributed by atoms with E-state index < -0.39 is 0 Å². The average molecular weight is 275 g/mol. The highest BCUT2D eigenvalue weighted by Crippen LogP contribution is 2.27. The van der Waals surface area contributed by atoms with Crippen LogP contribution in [0, 0.1) is 5.92 Å². The minimum atomic E-state index is -0.0214. The second-order valence-corrected chi connectivity index (χ2v) is 5.18. The maximum atomic E-state index is 11.9. The Morgan fingerprint density at radius 2 is 2.30 bits per heavy atom. The number of carbonyl (C=O) groups excluding carboxylic acids is 2. The molecule has 0 radical (unpaired) electrons. The van der Waals surface area contributed by atoms with E-state index in [0.29, 0.717) is 31.8 Å². The number of nitrogens with one attached hydrogen (secondary N) is 1. The standard InChI is InChI=1S/C15H17NO4/c17-14(11-5-6-19-8-11)9-20-12-2-3-13-10(7-12)1-4-15(18)16-13/h2-3,7,11H,1,4-6,8-9H2,(H,16,18). The molecule has 2 heterocycles. The Balaban J connectivity index is 1.60. The van der Waals surface area contributed by atoms with Gasteiger partial charge in [0.15, 0.2) is 5.78 Å². The quantitative estimate of drug-likeness (QED) is 0.905. The minimum absolute atomic E-state index is 0.0214. The summed E-state index contributed by atoms with van der Waals surface area (Å²) in [6, 6.07) is 5.50. The van der Waals surface area contributed by atoms with Gasteiger partial charge in [0.1, 0.15) is 12.4 Å². The molecule has 1 N–H and O–H groups in total. The topological polar surface area (TPSA) is 64.6 Å². The zero-order chi connectivity index (χ0) is 13.9. The predicted molar refractivity (Wildman–Crippen MR) is 72.8 cm³/mol. The minimum Gasteiger partial charge on any atom is -0.486 e. The highest BCUT2D eigenvalue weighted by Gasteiger charge is 2.23. The first-order chi connectivity index (χ1) is 9.72. The largest absolute Gasteiger partial charge is 0.486 e. The molecule has 20 heavy (non-hydrogen) atoms. The van der Waals surface area contributed by atoms with Crippen molar-refractivity contribution >= 4 is 17.4 Å². The second kappa shape index (κ2) is 5.63. The number of hydrogen-bond acceptors (Lipinski definition) is 4. The number of fused-ring (bicyclic) bond motifs is 1. The van der Waals surface area contributed by atoms with Crippen LogP contribution in [-0.4, -0.2) is 31.5 Å². The molecule has 0 spiro atoms. The number of anilines is 1. The van der Waals surface area contributed by atoms with Crippen molar-refractivity contribution in [1.29, 1.82) is 0 Å². The third kappa shape index (κ3) is 2.82. The monoisotopic (exact) mass is 275 g/mol. The van der Waals surface area contributed by atoms with Crippen LogP contribution in [0.15, 0.2) is 18.2 Å². The maximum Gasteiger partial charge on any atom is 0.224 e. The summed E-state index contributed by atoms with van der Waals surface area (Å²) in [5.74, 6) is 0.787.